The molecular formula is C13H20N4O4. The van der Waals surface area contributed by atoms with Crippen LogP contribution >= 0.6 is 0 Å². The van der Waals surface area contributed by atoms with Crippen molar-refractivity contribution in [3.05, 3.63) is 18.0 Å². The Hall–Kier alpha value is -1.93. The number of aromatic nitrogens is 2. The van der Waals surface area contributed by atoms with Crippen molar-refractivity contribution in [1.82, 2.24) is 20.0 Å². The van der Waals surface area contributed by atoms with Crippen molar-refractivity contribution in [2.75, 3.05) is 39.4 Å². The minimum Gasteiger partial charge on any atom is -0.476 e. The Bertz CT molecular complexity index is 482. The van der Waals surface area contributed by atoms with Crippen molar-refractivity contribution < 1.29 is 19.4 Å². The van der Waals surface area contributed by atoms with Gasteiger partial charge < -0.3 is 15.2 Å². The fourth-order valence-electron chi connectivity index (χ4n) is 2.08. The van der Waals surface area contributed by atoms with E-state index in [0.717, 1.165) is 32.8 Å². The van der Waals surface area contributed by atoms with E-state index in [1.54, 1.807) is 6.20 Å². The van der Waals surface area contributed by atoms with E-state index in [1.165, 1.54) is 10.7 Å². The first-order valence-corrected chi connectivity index (χ1v) is 6.99. The number of carboxylic acids is 1. The van der Waals surface area contributed by atoms with Gasteiger partial charge in [-0.25, -0.2) is 4.79 Å². The number of morpholine rings is 1. The number of carbonyl (C=O) groups is 2. The van der Waals surface area contributed by atoms with E-state index in [-0.39, 0.29) is 18.0 Å². The first-order valence-electron chi connectivity index (χ1n) is 6.99. The summed E-state index contributed by atoms with van der Waals surface area (Å²) >= 11 is 0. The van der Waals surface area contributed by atoms with Crippen molar-refractivity contribution in [3.63, 3.8) is 0 Å². The zero-order valence-electron chi connectivity index (χ0n) is 11.8. The zero-order chi connectivity index (χ0) is 15.1. The highest BCUT2D eigenvalue weighted by Crippen LogP contribution is 1.97. The fourth-order valence-corrected chi connectivity index (χ4v) is 2.08. The van der Waals surface area contributed by atoms with Gasteiger partial charge in [0.15, 0.2) is 5.69 Å². The number of carboxylic acid groups (broad SMARTS) is 1. The van der Waals surface area contributed by atoms with Crippen LogP contribution in [-0.4, -0.2) is 71.1 Å². The predicted octanol–water partition coefficient (Wildman–Crippen LogP) is -0.580. The third-order valence-electron chi connectivity index (χ3n) is 3.28. The molecule has 1 amide bonds. The number of nitrogens with one attached hydrogen (secondary N) is 1. The molecule has 21 heavy (non-hydrogen) atoms. The van der Waals surface area contributed by atoms with Crippen LogP contribution in [0.4, 0.5) is 0 Å². The summed E-state index contributed by atoms with van der Waals surface area (Å²) in [5, 5.41) is 15.4. The number of aromatic carboxylic acids is 1. The summed E-state index contributed by atoms with van der Waals surface area (Å²) in [5.41, 5.74) is -0.0114. The van der Waals surface area contributed by atoms with Crippen LogP contribution in [-0.2, 0) is 16.1 Å². The Morgan fingerprint density at radius 2 is 2.10 bits per heavy atom. The van der Waals surface area contributed by atoms with Crippen LogP contribution in [0.2, 0.25) is 0 Å². The second-order valence-electron chi connectivity index (χ2n) is 4.82. The lowest BCUT2D eigenvalue weighted by molar-refractivity contribution is -0.121. The third kappa shape index (κ3) is 5.16. The van der Waals surface area contributed by atoms with Crippen LogP contribution in [0.15, 0.2) is 12.3 Å². The summed E-state index contributed by atoms with van der Waals surface area (Å²) in [6.07, 6.45) is 1.84. The largest absolute Gasteiger partial charge is 0.476 e. The van der Waals surface area contributed by atoms with Gasteiger partial charge in [-0.1, -0.05) is 0 Å². The van der Waals surface area contributed by atoms with Gasteiger partial charge >= 0.3 is 5.97 Å². The lowest BCUT2D eigenvalue weighted by Crippen LogP contribution is -2.41. The number of hydrogen-bond donors (Lipinski definition) is 2. The van der Waals surface area contributed by atoms with Crippen molar-refractivity contribution in [3.8, 4) is 0 Å². The smallest absolute Gasteiger partial charge is 0.356 e. The Morgan fingerprint density at radius 3 is 2.76 bits per heavy atom. The quantitative estimate of drug-likeness (QED) is 0.699. The van der Waals surface area contributed by atoms with E-state index in [9.17, 15) is 9.59 Å². The van der Waals surface area contributed by atoms with Gasteiger partial charge in [0, 0.05) is 45.3 Å². The van der Waals surface area contributed by atoms with Crippen molar-refractivity contribution in [1.29, 1.82) is 0 Å². The number of carbonyl (C=O) groups excluding carboxylic acids is 1. The molecule has 116 valence electrons. The summed E-state index contributed by atoms with van der Waals surface area (Å²) in [5.74, 6) is -1.13. The molecule has 0 saturated carbocycles. The van der Waals surface area contributed by atoms with Gasteiger partial charge in [0.2, 0.25) is 5.91 Å². The molecule has 0 aromatic carbocycles. The molecular weight excluding hydrogens is 276 g/mol. The van der Waals surface area contributed by atoms with Gasteiger partial charge in [0.25, 0.3) is 0 Å². The van der Waals surface area contributed by atoms with Crippen LogP contribution in [0.3, 0.4) is 0 Å². The standard InChI is InChI=1S/C13H20N4O4/c18-12(14-3-6-16-7-9-21-10-8-16)2-5-17-4-1-11(15-17)13(19)20/h1,4H,2-3,5-10H2,(H,14,18)(H,19,20). The molecule has 1 aromatic rings. The number of amides is 1. The number of rotatable bonds is 7. The molecule has 1 saturated heterocycles. The van der Waals surface area contributed by atoms with Gasteiger partial charge in [0.05, 0.1) is 13.2 Å². The topological polar surface area (TPSA) is 96.7 Å². The molecule has 0 radical (unpaired) electrons. The van der Waals surface area contributed by atoms with Crippen LogP contribution in [0.25, 0.3) is 0 Å². The Balaban J connectivity index is 1.61. The lowest BCUT2D eigenvalue weighted by Gasteiger charge is -2.26. The van der Waals surface area contributed by atoms with Crippen molar-refractivity contribution in [2.45, 2.75) is 13.0 Å². The van der Waals surface area contributed by atoms with E-state index >= 15 is 0 Å². The van der Waals surface area contributed by atoms with Gasteiger partial charge in [-0.3, -0.25) is 14.4 Å². The van der Waals surface area contributed by atoms with E-state index < -0.39 is 5.97 Å². The molecule has 1 fully saturated rings. The predicted molar refractivity (Wildman–Crippen MR) is 74.1 cm³/mol. The third-order valence-corrected chi connectivity index (χ3v) is 3.28. The Kier molecular flexibility index (Phi) is 5.70. The van der Waals surface area contributed by atoms with Gasteiger partial charge in [0.1, 0.15) is 0 Å². The number of nitrogens with zero attached hydrogens (tertiary/aromatic N) is 3. The summed E-state index contributed by atoms with van der Waals surface area (Å²) < 4.78 is 6.72. The normalized spacial score (nSPS) is 15.8. The molecule has 0 atom stereocenters. The van der Waals surface area contributed by atoms with Crippen LogP contribution in [0.1, 0.15) is 16.9 Å². The number of ether oxygens (including phenoxy) is 1. The van der Waals surface area contributed by atoms with E-state index in [4.69, 9.17) is 9.84 Å². The second-order valence-corrected chi connectivity index (χ2v) is 4.82. The van der Waals surface area contributed by atoms with Crippen molar-refractivity contribution >= 4 is 11.9 Å². The van der Waals surface area contributed by atoms with E-state index in [0.29, 0.717) is 13.1 Å². The molecule has 0 bridgehead atoms. The van der Waals surface area contributed by atoms with E-state index in [2.05, 4.69) is 15.3 Å². The van der Waals surface area contributed by atoms with Crippen LogP contribution in [0, 0.1) is 0 Å². The summed E-state index contributed by atoms with van der Waals surface area (Å²) in [7, 11) is 0. The first kappa shape index (κ1) is 15.5. The molecule has 0 aliphatic carbocycles. The first-order chi connectivity index (χ1) is 10.1. The van der Waals surface area contributed by atoms with Gasteiger partial charge in [-0.05, 0) is 6.07 Å². The number of aryl methyl sites for hydroxylation is 1. The molecule has 0 spiro atoms. The maximum atomic E-state index is 11.7. The highest BCUT2D eigenvalue weighted by Gasteiger charge is 2.11. The summed E-state index contributed by atoms with van der Waals surface area (Å²) in [4.78, 5) is 24.6. The fraction of sp³-hybridized carbons (Fsp3) is 0.615. The molecule has 0 unspecified atom stereocenters. The molecule has 1 aromatic heterocycles. The highest BCUT2D eigenvalue weighted by molar-refractivity contribution is 5.85. The van der Waals surface area contributed by atoms with Gasteiger partial charge in [-0.15, -0.1) is 0 Å². The van der Waals surface area contributed by atoms with Crippen LogP contribution in [0.5, 0.6) is 0 Å². The molecule has 2 rings (SSSR count). The maximum Gasteiger partial charge on any atom is 0.356 e. The molecule has 8 heteroatoms. The zero-order valence-corrected chi connectivity index (χ0v) is 11.8. The highest BCUT2D eigenvalue weighted by atomic mass is 16.5. The average Bonchev–Trinajstić information content (AvgIpc) is 2.95. The van der Waals surface area contributed by atoms with Crippen LogP contribution < -0.4 is 5.32 Å². The minimum absolute atomic E-state index is 0.0114. The minimum atomic E-state index is -1.07. The second kappa shape index (κ2) is 7.75. The maximum absolute atomic E-state index is 11.7. The number of hydrogen-bond acceptors (Lipinski definition) is 5. The van der Waals surface area contributed by atoms with E-state index in [1.807, 2.05) is 0 Å². The van der Waals surface area contributed by atoms with Crippen molar-refractivity contribution in [2.24, 2.45) is 0 Å². The monoisotopic (exact) mass is 296 g/mol. The Morgan fingerprint density at radius 1 is 1.33 bits per heavy atom. The summed E-state index contributed by atoms with van der Waals surface area (Å²) in [6.45, 7) is 5.11. The van der Waals surface area contributed by atoms with Gasteiger partial charge in [-0.2, -0.15) is 5.10 Å². The summed E-state index contributed by atoms with van der Waals surface area (Å²) in [6, 6.07) is 1.42. The Labute approximate surface area is 122 Å². The molecule has 2 heterocycles. The molecule has 1 aliphatic heterocycles. The lowest BCUT2D eigenvalue weighted by atomic mass is 10.3. The molecule has 8 nitrogen and oxygen atoms in total. The molecule has 2 N–H and O–H groups in total. The SMILES string of the molecule is O=C(CCn1ccc(C(=O)O)n1)NCCN1CCOCC1. The average molecular weight is 296 g/mol. The molecule has 1 aliphatic rings.